The zero-order valence-electron chi connectivity index (χ0n) is 10.6. The van der Waals surface area contributed by atoms with Crippen LogP contribution in [0.5, 0.6) is 0 Å². The van der Waals surface area contributed by atoms with Crippen molar-refractivity contribution in [1.82, 2.24) is 10.3 Å². The number of hydrogen-bond donors (Lipinski definition) is 2. The summed E-state index contributed by atoms with van der Waals surface area (Å²) in [6.07, 6.45) is 3.65. The highest BCUT2D eigenvalue weighted by Gasteiger charge is 2.19. The lowest BCUT2D eigenvalue weighted by atomic mass is 10.1. The van der Waals surface area contributed by atoms with Gasteiger partial charge in [-0.3, -0.25) is 4.79 Å². The molecule has 0 radical (unpaired) electrons. The molecule has 1 unspecified atom stereocenters. The highest BCUT2D eigenvalue weighted by Crippen LogP contribution is 2.13. The number of ether oxygens (including phenoxy) is 1. The van der Waals surface area contributed by atoms with Crippen molar-refractivity contribution in [3.05, 3.63) is 23.9 Å². The molecule has 2 rings (SSSR count). The second-order valence-corrected chi connectivity index (χ2v) is 4.32. The number of nitrogens with one attached hydrogen (secondary N) is 2. The van der Waals surface area contributed by atoms with Crippen LogP contribution >= 0.6 is 0 Å². The van der Waals surface area contributed by atoms with Crippen LogP contribution in [0.3, 0.4) is 0 Å². The second-order valence-electron chi connectivity index (χ2n) is 4.32. The van der Waals surface area contributed by atoms with Gasteiger partial charge in [-0.2, -0.15) is 0 Å². The van der Waals surface area contributed by atoms with Crippen molar-refractivity contribution in [2.24, 2.45) is 0 Å². The molecule has 1 aromatic heterocycles. The van der Waals surface area contributed by atoms with Gasteiger partial charge in [-0.15, -0.1) is 0 Å². The Hall–Kier alpha value is -1.62. The van der Waals surface area contributed by atoms with E-state index in [1.165, 1.54) is 0 Å². The van der Waals surface area contributed by atoms with Gasteiger partial charge in [-0.05, 0) is 31.9 Å². The second kappa shape index (κ2) is 6.35. The third-order valence-electron chi connectivity index (χ3n) is 2.89. The summed E-state index contributed by atoms with van der Waals surface area (Å²) in [4.78, 5) is 16.3. The van der Waals surface area contributed by atoms with Gasteiger partial charge in [0, 0.05) is 19.3 Å². The molecule has 1 saturated heterocycles. The molecule has 1 fully saturated rings. The van der Waals surface area contributed by atoms with Crippen LogP contribution in [0.25, 0.3) is 0 Å². The minimum Gasteiger partial charge on any atom is -0.379 e. The van der Waals surface area contributed by atoms with Crippen molar-refractivity contribution >= 4 is 11.7 Å². The Labute approximate surface area is 107 Å². The van der Waals surface area contributed by atoms with E-state index >= 15 is 0 Å². The van der Waals surface area contributed by atoms with Gasteiger partial charge < -0.3 is 15.4 Å². The van der Waals surface area contributed by atoms with E-state index in [-0.39, 0.29) is 11.9 Å². The molecule has 0 saturated carbocycles. The average molecular weight is 249 g/mol. The molecule has 5 nitrogen and oxygen atoms in total. The Balaban J connectivity index is 2.03. The Bertz CT molecular complexity index is 403. The lowest BCUT2D eigenvalue weighted by Gasteiger charge is -2.23. The van der Waals surface area contributed by atoms with Gasteiger partial charge in [0.15, 0.2) is 0 Å². The van der Waals surface area contributed by atoms with Crippen LogP contribution in [0, 0.1) is 0 Å². The molecule has 98 valence electrons. The first kappa shape index (κ1) is 12.8. The molecular formula is C13H19N3O2. The van der Waals surface area contributed by atoms with E-state index in [4.69, 9.17) is 4.74 Å². The topological polar surface area (TPSA) is 63.2 Å². The van der Waals surface area contributed by atoms with E-state index < -0.39 is 0 Å². The van der Waals surface area contributed by atoms with E-state index in [1.807, 2.05) is 6.92 Å². The molecule has 0 bridgehead atoms. The predicted molar refractivity (Wildman–Crippen MR) is 69.7 cm³/mol. The number of anilines is 1. The van der Waals surface area contributed by atoms with E-state index in [1.54, 1.807) is 18.3 Å². The summed E-state index contributed by atoms with van der Waals surface area (Å²) in [7, 11) is 0. The summed E-state index contributed by atoms with van der Waals surface area (Å²) in [6.45, 7) is 4.11. The summed E-state index contributed by atoms with van der Waals surface area (Å²) >= 11 is 0. The lowest BCUT2D eigenvalue weighted by Crippen LogP contribution is -2.40. The van der Waals surface area contributed by atoms with Crippen LogP contribution < -0.4 is 10.6 Å². The number of pyridine rings is 1. The van der Waals surface area contributed by atoms with Crippen LogP contribution in [-0.4, -0.2) is 36.7 Å². The first-order valence-electron chi connectivity index (χ1n) is 6.38. The van der Waals surface area contributed by atoms with Gasteiger partial charge in [0.05, 0.1) is 18.2 Å². The normalized spacial score (nSPS) is 19.3. The quantitative estimate of drug-likeness (QED) is 0.847. The number of aromatic nitrogens is 1. The largest absolute Gasteiger partial charge is 0.379 e. The van der Waals surface area contributed by atoms with Crippen molar-refractivity contribution in [1.29, 1.82) is 0 Å². The van der Waals surface area contributed by atoms with E-state index in [0.29, 0.717) is 18.0 Å². The first-order chi connectivity index (χ1) is 8.81. The van der Waals surface area contributed by atoms with Crippen molar-refractivity contribution in [3.63, 3.8) is 0 Å². The fourth-order valence-corrected chi connectivity index (χ4v) is 2.01. The van der Waals surface area contributed by atoms with Gasteiger partial charge in [0.1, 0.15) is 5.82 Å². The van der Waals surface area contributed by atoms with Crippen molar-refractivity contribution in [2.75, 3.05) is 25.1 Å². The monoisotopic (exact) mass is 249 g/mol. The Morgan fingerprint density at radius 2 is 2.50 bits per heavy atom. The molecule has 2 heterocycles. The van der Waals surface area contributed by atoms with Crippen LogP contribution in [0.4, 0.5) is 5.82 Å². The third kappa shape index (κ3) is 3.20. The zero-order valence-corrected chi connectivity index (χ0v) is 10.6. The smallest absolute Gasteiger partial charge is 0.255 e. The predicted octanol–water partition coefficient (Wildman–Crippen LogP) is 1.42. The maximum atomic E-state index is 12.2. The van der Waals surface area contributed by atoms with Crippen molar-refractivity contribution in [3.8, 4) is 0 Å². The van der Waals surface area contributed by atoms with Gasteiger partial charge in [-0.1, -0.05) is 0 Å². The maximum absolute atomic E-state index is 12.2. The van der Waals surface area contributed by atoms with Crippen LogP contribution in [0.15, 0.2) is 18.3 Å². The number of rotatable bonds is 4. The molecule has 5 heteroatoms. The summed E-state index contributed by atoms with van der Waals surface area (Å²) in [5, 5.41) is 6.08. The van der Waals surface area contributed by atoms with Gasteiger partial charge in [-0.25, -0.2) is 4.98 Å². The van der Waals surface area contributed by atoms with Gasteiger partial charge in [0.2, 0.25) is 0 Å². The van der Waals surface area contributed by atoms with Crippen molar-refractivity contribution in [2.45, 2.75) is 25.8 Å². The molecule has 18 heavy (non-hydrogen) atoms. The Kier molecular flexibility index (Phi) is 4.52. The molecule has 0 aromatic carbocycles. The molecular weight excluding hydrogens is 230 g/mol. The molecule has 1 amide bonds. The Morgan fingerprint density at radius 1 is 1.61 bits per heavy atom. The lowest BCUT2D eigenvalue weighted by molar-refractivity contribution is 0.0624. The highest BCUT2D eigenvalue weighted by atomic mass is 16.5. The van der Waals surface area contributed by atoms with E-state index in [9.17, 15) is 4.79 Å². The molecule has 2 N–H and O–H groups in total. The molecule has 1 aliphatic heterocycles. The maximum Gasteiger partial charge on any atom is 0.255 e. The molecule has 1 atom stereocenters. The summed E-state index contributed by atoms with van der Waals surface area (Å²) < 4.78 is 5.35. The summed E-state index contributed by atoms with van der Waals surface area (Å²) in [6, 6.07) is 3.66. The highest BCUT2D eigenvalue weighted by molar-refractivity contribution is 5.98. The minimum atomic E-state index is -0.0884. The SMILES string of the molecule is CCNc1ncccc1C(=O)NC1CCCOC1. The van der Waals surface area contributed by atoms with Crippen LogP contribution in [0.2, 0.25) is 0 Å². The Morgan fingerprint density at radius 3 is 3.22 bits per heavy atom. The number of hydrogen-bond acceptors (Lipinski definition) is 4. The van der Waals surface area contributed by atoms with E-state index in [2.05, 4.69) is 15.6 Å². The number of carbonyl (C=O) groups is 1. The van der Waals surface area contributed by atoms with E-state index in [0.717, 1.165) is 26.0 Å². The minimum absolute atomic E-state index is 0.0884. The third-order valence-corrected chi connectivity index (χ3v) is 2.89. The molecule has 1 aromatic rings. The number of carbonyl (C=O) groups excluding carboxylic acids is 1. The molecule has 1 aliphatic rings. The first-order valence-corrected chi connectivity index (χ1v) is 6.38. The van der Waals surface area contributed by atoms with Gasteiger partial charge >= 0.3 is 0 Å². The average Bonchev–Trinajstić information content (AvgIpc) is 2.41. The number of amides is 1. The molecule has 0 aliphatic carbocycles. The fourth-order valence-electron chi connectivity index (χ4n) is 2.01. The summed E-state index contributed by atoms with van der Waals surface area (Å²) in [5.41, 5.74) is 0.588. The summed E-state index contributed by atoms with van der Waals surface area (Å²) in [5.74, 6) is 0.545. The fraction of sp³-hybridized carbons (Fsp3) is 0.538. The standard InChI is InChI=1S/C13H19N3O2/c1-2-14-12-11(6-3-7-15-12)13(17)16-10-5-4-8-18-9-10/h3,6-7,10H,2,4-5,8-9H2,1H3,(H,14,15)(H,16,17). The number of nitrogens with zero attached hydrogens (tertiary/aromatic N) is 1. The molecule has 0 spiro atoms. The van der Waals surface area contributed by atoms with Crippen LogP contribution in [-0.2, 0) is 4.74 Å². The van der Waals surface area contributed by atoms with Gasteiger partial charge in [0.25, 0.3) is 5.91 Å². The van der Waals surface area contributed by atoms with Crippen LogP contribution in [0.1, 0.15) is 30.1 Å². The van der Waals surface area contributed by atoms with Crippen molar-refractivity contribution < 1.29 is 9.53 Å². The zero-order chi connectivity index (χ0) is 12.8.